The molecule has 104 valence electrons. The van der Waals surface area contributed by atoms with E-state index in [1.54, 1.807) is 12.1 Å². The Morgan fingerprint density at radius 3 is 2.65 bits per heavy atom. The van der Waals surface area contributed by atoms with Crippen LogP contribution in [0, 0.1) is 0 Å². The fourth-order valence-corrected chi connectivity index (χ4v) is 2.83. The molecule has 1 aliphatic carbocycles. The van der Waals surface area contributed by atoms with E-state index in [2.05, 4.69) is 0 Å². The summed E-state index contributed by atoms with van der Waals surface area (Å²) in [5.74, 6) is 0.0168. The molecule has 3 rings (SSSR count). The third-order valence-electron chi connectivity index (χ3n) is 3.71. The minimum Gasteiger partial charge on any atom is -0.427 e. The van der Waals surface area contributed by atoms with Gasteiger partial charge in [-0.05, 0) is 43.4 Å². The van der Waals surface area contributed by atoms with Gasteiger partial charge in [-0.1, -0.05) is 6.42 Å². The first-order chi connectivity index (χ1) is 9.65. The molecule has 1 aromatic heterocycles. The fourth-order valence-electron chi connectivity index (χ4n) is 2.83. The average molecular weight is 272 g/mol. The highest BCUT2D eigenvalue weighted by molar-refractivity contribution is 5.83. The summed E-state index contributed by atoms with van der Waals surface area (Å²) in [5.41, 5.74) is 2.15. The van der Waals surface area contributed by atoms with Crippen LogP contribution in [0.1, 0.15) is 37.3 Å². The van der Waals surface area contributed by atoms with Crippen LogP contribution in [0.25, 0.3) is 11.0 Å². The molecule has 1 aromatic carbocycles. The van der Waals surface area contributed by atoms with E-state index < -0.39 is 0 Å². The van der Waals surface area contributed by atoms with Crippen LogP contribution in [0.4, 0.5) is 0 Å². The number of carbonyl (C=O) groups excluding carboxylic acids is 1. The van der Waals surface area contributed by atoms with Gasteiger partial charge in [0.2, 0.25) is 0 Å². The van der Waals surface area contributed by atoms with Gasteiger partial charge >= 0.3 is 11.6 Å². The van der Waals surface area contributed by atoms with Crippen molar-refractivity contribution in [1.82, 2.24) is 0 Å². The largest absolute Gasteiger partial charge is 0.427 e. The Balaban J connectivity index is 2.18. The third kappa shape index (κ3) is 2.33. The second-order valence-corrected chi connectivity index (χ2v) is 5.16. The number of esters is 1. The van der Waals surface area contributed by atoms with E-state index in [1.807, 2.05) is 6.07 Å². The molecule has 1 heterocycles. The van der Waals surface area contributed by atoms with Crippen molar-refractivity contribution in [2.45, 2.75) is 39.0 Å². The molecule has 2 aromatic rings. The molecule has 4 heteroatoms. The van der Waals surface area contributed by atoms with Gasteiger partial charge in [0.1, 0.15) is 11.3 Å². The van der Waals surface area contributed by atoms with Crippen LogP contribution in [0.3, 0.4) is 0 Å². The second-order valence-electron chi connectivity index (χ2n) is 5.16. The van der Waals surface area contributed by atoms with Crippen molar-refractivity contribution >= 4 is 16.9 Å². The maximum atomic E-state index is 12.1. The topological polar surface area (TPSA) is 56.5 Å². The Hall–Kier alpha value is -2.10. The lowest BCUT2D eigenvalue weighted by atomic mass is 10.0. The van der Waals surface area contributed by atoms with E-state index >= 15 is 0 Å². The molecule has 20 heavy (non-hydrogen) atoms. The zero-order chi connectivity index (χ0) is 14.1. The summed E-state index contributed by atoms with van der Waals surface area (Å²) in [5, 5.41) is 0.956. The number of ether oxygens (including phenoxy) is 1. The standard InChI is InChI=1S/C16H16O4/c1-10(17)19-11-7-8-13-12-5-3-2-4-6-14(12)16(18)20-15(13)9-11/h7-9H,2-6H2,1H3. The average Bonchev–Trinajstić information content (AvgIpc) is 2.64. The minimum absolute atomic E-state index is 0.255. The van der Waals surface area contributed by atoms with E-state index in [0.29, 0.717) is 11.3 Å². The van der Waals surface area contributed by atoms with Crippen molar-refractivity contribution in [3.05, 3.63) is 39.7 Å². The molecule has 0 bridgehead atoms. The third-order valence-corrected chi connectivity index (χ3v) is 3.71. The summed E-state index contributed by atoms with van der Waals surface area (Å²) in [6.45, 7) is 1.34. The van der Waals surface area contributed by atoms with Gasteiger partial charge in [-0.3, -0.25) is 4.79 Å². The predicted octanol–water partition coefficient (Wildman–Crippen LogP) is 2.99. The van der Waals surface area contributed by atoms with E-state index in [0.717, 1.165) is 48.6 Å². The molecule has 0 spiro atoms. The second kappa shape index (κ2) is 5.12. The van der Waals surface area contributed by atoms with Crippen molar-refractivity contribution in [3.63, 3.8) is 0 Å². The van der Waals surface area contributed by atoms with Crippen molar-refractivity contribution in [3.8, 4) is 5.75 Å². The summed E-state index contributed by atoms with van der Waals surface area (Å²) in [6.07, 6.45) is 4.97. The molecule has 0 amide bonds. The molecule has 0 radical (unpaired) electrons. The van der Waals surface area contributed by atoms with Gasteiger partial charge in [-0.15, -0.1) is 0 Å². The van der Waals surface area contributed by atoms with Crippen LogP contribution >= 0.6 is 0 Å². The lowest BCUT2D eigenvalue weighted by Crippen LogP contribution is -2.11. The predicted molar refractivity (Wildman–Crippen MR) is 75.1 cm³/mol. The van der Waals surface area contributed by atoms with E-state index in [-0.39, 0.29) is 11.6 Å². The van der Waals surface area contributed by atoms with E-state index in [9.17, 15) is 9.59 Å². The molecule has 1 aliphatic rings. The number of carbonyl (C=O) groups is 1. The Kier molecular flexibility index (Phi) is 3.30. The van der Waals surface area contributed by atoms with Crippen LogP contribution in [-0.2, 0) is 17.6 Å². The summed E-state index contributed by atoms with van der Waals surface area (Å²) >= 11 is 0. The minimum atomic E-state index is -0.388. The molecular weight excluding hydrogens is 256 g/mol. The molecule has 0 saturated heterocycles. The summed E-state index contributed by atoms with van der Waals surface area (Å²) in [6, 6.07) is 5.24. The Morgan fingerprint density at radius 1 is 1.15 bits per heavy atom. The highest BCUT2D eigenvalue weighted by Gasteiger charge is 2.17. The molecule has 0 fully saturated rings. The number of benzene rings is 1. The van der Waals surface area contributed by atoms with Crippen molar-refractivity contribution in [2.75, 3.05) is 0 Å². The molecular formula is C16H16O4. The Labute approximate surface area is 116 Å². The van der Waals surface area contributed by atoms with Crippen LogP contribution in [0.5, 0.6) is 5.75 Å². The number of hydrogen-bond donors (Lipinski definition) is 0. The summed E-state index contributed by atoms with van der Waals surface area (Å²) < 4.78 is 10.4. The Morgan fingerprint density at radius 2 is 1.90 bits per heavy atom. The molecule has 0 N–H and O–H groups in total. The smallest absolute Gasteiger partial charge is 0.339 e. The lowest BCUT2D eigenvalue weighted by molar-refractivity contribution is -0.131. The van der Waals surface area contributed by atoms with Crippen molar-refractivity contribution < 1.29 is 13.9 Å². The highest BCUT2D eigenvalue weighted by atomic mass is 16.5. The molecule has 4 nitrogen and oxygen atoms in total. The van der Waals surface area contributed by atoms with E-state index in [1.165, 1.54) is 6.92 Å². The van der Waals surface area contributed by atoms with Crippen molar-refractivity contribution in [2.24, 2.45) is 0 Å². The zero-order valence-corrected chi connectivity index (χ0v) is 11.4. The lowest BCUT2D eigenvalue weighted by Gasteiger charge is -2.09. The van der Waals surface area contributed by atoms with Gasteiger partial charge in [-0.2, -0.15) is 0 Å². The Bertz CT molecular complexity index is 727. The summed E-state index contributed by atoms with van der Waals surface area (Å²) in [7, 11) is 0. The summed E-state index contributed by atoms with van der Waals surface area (Å²) in [4.78, 5) is 23.1. The maximum Gasteiger partial charge on any atom is 0.339 e. The SMILES string of the molecule is CC(=O)Oc1ccc2c3c(c(=O)oc2c1)CCCCC3. The van der Waals surface area contributed by atoms with Crippen LogP contribution in [-0.4, -0.2) is 5.97 Å². The van der Waals surface area contributed by atoms with Gasteiger partial charge in [-0.25, -0.2) is 4.79 Å². The van der Waals surface area contributed by atoms with Crippen LogP contribution in [0.15, 0.2) is 27.4 Å². The molecule has 0 aliphatic heterocycles. The van der Waals surface area contributed by atoms with Crippen LogP contribution in [0.2, 0.25) is 0 Å². The fraction of sp³-hybridized carbons (Fsp3) is 0.375. The first-order valence-corrected chi connectivity index (χ1v) is 6.92. The maximum absolute atomic E-state index is 12.1. The first kappa shape index (κ1) is 12.9. The van der Waals surface area contributed by atoms with Gasteiger partial charge in [0, 0.05) is 23.9 Å². The number of rotatable bonds is 1. The molecule has 0 saturated carbocycles. The van der Waals surface area contributed by atoms with Gasteiger partial charge < -0.3 is 9.15 Å². The normalized spacial score (nSPS) is 14.7. The van der Waals surface area contributed by atoms with Crippen LogP contribution < -0.4 is 10.4 Å². The van der Waals surface area contributed by atoms with E-state index in [4.69, 9.17) is 9.15 Å². The van der Waals surface area contributed by atoms with Crippen molar-refractivity contribution in [1.29, 1.82) is 0 Å². The zero-order valence-electron chi connectivity index (χ0n) is 11.4. The van der Waals surface area contributed by atoms with Gasteiger partial charge in [0.15, 0.2) is 0 Å². The van der Waals surface area contributed by atoms with Gasteiger partial charge in [0.05, 0.1) is 0 Å². The number of fused-ring (bicyclic) bond motifs is 3. The number of aryl methyl sites for hydroxylation is 1. The van der Waals surface area contributed by atoms with Gasteiger partial charge in [0.25, 0.3) is 0 Å². The number of hydrogen-bond acceptors (Lipinski definition) is 4. The first-order valence-electron chi connectivity index (χ1n) is 6.92. The highest BCUT2D eigenvalue weighted by Crippen LogP contribution is 2.28. The molecule has 0 unspecified atom stereocenters. The quantitative estimate of drug-likeness (QED) is 0.346. The monoisotopic (exact) mass is 272 g/mol. The molecule has 0 atom stereocenters.